The third-order valence-corrected chi connectivity index (χ3v) is 3.43. The molecule has 6 heteroatoms. The molecule has 1 unspecified atom stereocenters. The Morgan fingerprint density at radius 1 is 1.45 bits per heavy atom. The van der Waals surface area contributed by atoms with E-state index in [1.165, 1.54) is 6.08 Å². The van der Waals surface area contributed by atoms with Gasteiger partial charge in [0.25, 0.3) is 0 Å². The molecule has 1 amide bonds. The largest absolute Gasteiger partial charge is 0.481 e. The normalized spacial score (nSPS) is 19.2. The van der Waals surface area contributed by atoms with Gasteiger partial charge in [-0.05, 0) is 31.1 Å². The van der Waals surface area contributed by atoms with Gasteiger partial charge in [-0.2, -0.15) is 0 Å². The van der Waals surface area contributed by atoms with Gasteiger partial charge in [-0.15, -0.1) is 0 Å². The van der Waals surface area contributed by atoms with Crippen LogP contribution in [0.2, 0.25) is 5.15 Å². The molecular weight excluding hydrogens is 280 g/mol. The standard InChI is InChI=1S/C14H15ClN2O3/c15-12-5-1-4-11(16-12)6-7-13(18)17-8-2-3-10(9-17)14(19)20/h1,4-7,10H,2-3,8-9H2,(H,19,20)/b7-6+. The van der Waals surface area contributed by atoms with E-state index >= 15 is 0 Å². The first-order valence-electron chi connectivity index (χ1n) is 6.38. The minimum atomic E-state index is -0.844. The molecule has 20 heavy (non-hydrogen) atoms. The Hall–Kier alpha value is -1.88. The first kappa shape index (κ1) is 14.5. The van der Waals surface area contributed by atoms with Crippen molar-refractivity contribution in [3.63, 3.8) is 0 Å². The van der Waals surface area contributed by atoms with Gasteiger partial charge < -0.3 is 10.0 Å². The van der Waals surface area contributed by atoms with E-state index < -0.39 is 11.9 Å². The molecular formula is C14H15ClN2O3. The topological polar surface area (TPSA) is 70.5 Å². The van der Waals surface area contributed by atoms with E-state index in [2.05, 4.69) is 4.98 Å². The van der Waals surface area contributed by atoms with Crippen LogP contribution >= 0.6 is 11.6 Å². The van der Waals surface area contributed by atoms with E-state index in [0.717, 1.165) is 0 Å². The summed E-state index contributed by atoms with van der Waals surface area (Å²) in [5.41, 5.74) is 0.595. The maximum atomic E-state index is 12.0. The molecule has 0 bridgehead atoms. The number of nitrogens with zero attached hydrogens (tertiary/aromatic N) is 2. The lowest BCUT2D eigenvalue weighted by Crippen LogP contribution is -2.41. The Balaban J connectivity index is 1.99. The summed E-state index contributed by atoms with van der Waals surface area (Å²) in [5, 5.41) is 9.36. The highest BCUT2D eigenvalue weighted by Crippen LogP contribution is 2.17. The van der Waals surface area contributed by atoms with Crippen molar-refractivity contribution >= 4 is 29.6 Å². The Bertz CT molecular complexity index is 545. The lowest BCUT2D eigenvalue weighted by molar-refractivity contribution is -0.144. The zero-order chi connectivity index (χ0) is 14.5. The maximum absolute atomic E-state index is 12.0. The molecule has 1 aromatic rings. The predicted octanol–water partition coefficient (Wildman–Crippen LogP) is 2.07. The molecule has 0 spiro atoms. The molecule has 1 fully saturated rings. The van der Waals surface area contributed by atoms with E-state index in [1.807, 2.05) is 0 Å². The number of carbonyl (C=O) groups is 2. The highest BCUT2D eigenvalue weighted by Gasteiger charge is 2.27. The smallest absolute Gasteiger partial charge is 0.308 e. The molecule has 0 radical (unpaired) electrons. The van der Waals surface area contributed by atoms with E-state index in [9.17, 15) is 9.59 Å². The first-order valence-corrected chi connectivity index (χ1v) is 6.76. The molecule has 0 aliphatic carbocycles. The second kappa shape index (κ2) is 6.52. The Labute approximate surface area is 121 Å². The predicted molar refractivity (Wildman–Crippen MR) is 75.2 cm³/mol. The quantitative estimate of drug-likeness (QED) is 0.684. The summed E-state index contributed by atoms with van der Waals surface area (Å²) in [6, 6.07) is 5.15. The summed E-state index contributed by atoms with van der Waals surface area (Å²) in [5.74, 6) is -1.51. The van der Waals surface area contributed by atoms with Crippen molar-refractivity contribution in [1.82, 2.24) is 9.88 Å². The molecule has 1 aliphatic rings. The third kappa shape index (κ3) is 3.81. The maximum Gasteiger partial charge on any atom is 0.308 e. The summed E-state index contributed by atoms with van der Waals surface area (Å²) in [7, 11) is 0. The van der Waals surface area contributed by atoms with Crippen LogP contribution in [0.15, 0.2) is 24.3 Å². The highest BCUT2D eigenvalue weighted by atomic mass is 35.5. The number of aromatic nitrogens is 1. The number of carbonyl (C=O) groups excluding carboxylic acids is 1. The van der Waals surface area contributed by atoms with Gasteiger partial charge in [0.05, 0.1) is 11.6 Å². The summed E-state index contributed by atoms with van der Waals surface area (Å²) < 4.78 is 0. The van der Waals surface area contributed by atoms with Crippen LogP contribution in [0.5, 0.6) is 0 Å². The Morgan fingerprint density at radius 3 is 2.95 bits per heavy atom. The van der Waals surface area contributed by atoms with Gasteiger partial charge in [-0.3, -0.25) is 9.59 Å². The van der Waals surface area contributed by atoms with Crippen LogP contribution < -0.4 is 0 Å². The number of likely N-dealkylation sites (tertiary alicyclic amines) is 1. The van der Waals surface area contributed by atoms with Crippen LogP contribution in [-0.4, -0.2) is 40.0 Å². The van der Waals surface area contributed by atoms with E-state index in [-0.39, 0.29) is 12.5 Å². The fourth-order valence-electron chi connectivity index (χ4n) is 2.16. The molecule has 1 atom stereocenters. The Morgan fingerprint density at radius 2 is 2.25 bits per heavy atom. The number of hydrogen-bond donors (Lipinski definition) is 1. The number of amides is 1. The van der Waals surface area contributed by atoms with Crippen molar-refractivity contribution in [2.45, 2.75) is 12.8 Å². The number of hydrogen-bond acceptors (Lipinski definition) is 3. The molecule has 2 heterocycles. The van der Waals surface area contributed by atoms with Gasteiger partial charge in [-0.1, -0.05) is 17.7 Å². The zero-order valence-corrected chi connectivity index (χ0v) is 11.6. The number of aliphatic carboxylic acids is 1. The minimum Gasteiger partial charge on any atom is -0.481 e. The molecule has 1 aliphatic heterocycles. The summed E-state index contributed by atoms with van der Waals surface area (Å²) in [4.78, 5) is 28.6. The average Bonchev–Trinajstić information content (AvgIpc) is 2.45. The van der Waals surface area contributed by atoms with Crippen LogP contribution in [0, 0.1) is 5.92 Å². The van der Waals surface area contributed by atoms with Crippen LogP contribution in [0.1, 0.15) is 18.5 Å². The number of pyridine rings is 1. The molecule has 106 valence electrons. The van der Waals surface area contributed by atoms with Crippen molar-refractivity contribution in [3.8, 4) is 0 Å². The summed E-state index contributed by atoms with van der Waals surface area (Å²) in [6.45, 7) is 0.859. The Kier molecular flexibility index (Phi) is 4.74. The number of carboxylic acids is 1. The molecule has 1 N–H and O–H groups in total. The van der Waals surface area contributed by atoms with Crippen LogP contribution in [0.4, 0.5) is 0 Å². The lowest BCUT2D eigenvalue weighted by Gasteiger charge is -2.29. The first-order chi connectivity index (χ1) is 9.56. The molecule has 0 saturated carbocycles. The second-order valence-electron chi connectivity index (χ2n) is 4.68. The summed E-state index contributed by atoms with van der Waals surface area (Å²) in [6.07, 6.45) is 4.33. The van der Waals surface area contributed by atoms with Crippen molar-refractivity contribution in [1.29, 1.82) is 0 Å². The average molecular weight is 295 g/mol. The highest BCUT2D eigenvalue weighted by molar-refractivity contribution is 6.29. The van der Waals surface area contributed by atoms with Gasteiger partial charge >= 0.3 is 5.97 Å². The number of halogens is 1. The monoisotopic (exact) mass is 294 g/mol. The fraction of sp³-hybridized carbons (Fsp3) is 0.357. The molecule has 1 aromatic heterocycles. The molecule has 0 aromatic carbocycles. The summed E-state index contributed by atoms with van der Waals surface area (Å²) >= 11 is 5.76. The van der Waals surface area contributed by atoms with Gasteiger partial charge in [0.1, 0.15) is 5.15 Å². The van der Waals surface area contributed by atoms with Crippen molar-refractivity contribution < 1.29 is 14.7 Å². The minimum absolute atomic E-state index is 0.197. The lowest BCUT2D eigenvalue weighted by atomic mass is 9.98. The van der Waals surface area contributed by atoms with E-state index in [4.69, 9.17) is 16.7 Å². The molecule has 5 nitrogen and oxygen atoms in total. The molecule has 1 saturated heterocycles. The van der Waals surface area contributed by atoms with Crippen LogP contribution in [0.3, 0.4) is 0 Å². The van der Waals surface area contributed by atoms with Crippen molar-refractivity contribution in [2.24, 2.45) is 5.92 Å². The van der Waals surface area contributed by atoms with E-state index in [1.54, 1.807) is 29.2 Å². The van der Waals surface area contributed by atoms with Crippen LogP contribution in [0.25, 0.3) is 6.08 Å². The third-order valence-electron chi connectivity index (χ3n) is 3.22. The van der Waals surface area contributed by atoms with Gasteiger partial charge in [-0.25, -0.2) is 4.98 Å². The van der Waals surface area contributed by atoms with Gasteiger partial charge in [0.2, 0.25) is 5.91 Å². The van der Waals surface area contributed by atoms with Crippen molar-refractivity contribution in [3.05, 3.63) is 35.1 Å². The zero-order valence-electron chi connectivity index (χ0n) is 10.8. The van der Waals surface area contributed by atoms with Gasteiger partial charge in [0, 0.05) is 19.2 Å². The SMILES string of the molecule is O=C(O)C1CCCN(C(=O)/C=C/c2cccc(Cl)n2)C1. The van der Waals surface area contributed by atoms with Crippen LogP contribution in [-0.2, 0) is 9.59 Å². The number of rotatable bonds is 3. The van der Waals surface area contributed by atoms with Gasteiger partial charge in [0.15, 0.2) is 0 Å². The number of piperidine rings is 1. The van der Waals surface area contributed by atoms with Crippen molar-refractivity contribution in [2.75, 3.05) is 13.1 Å². The van der Waals surface area contributed by atoms with E-state index in [0.29, 0.717) is 30.2 Å². The second-order valence-corrected chi connectivity index (χ2v) is 5.07. The number of carboxylic acid groups (broad SMARTS) is 1. The fourth-order valence-corrected chi connectivity index (χ4v) is 2.33. The molecule has 2 rings (SSSR count).